The van der Waals surface area contributed by atoms with Crippen molar-refractivity contribution in [1.82, 2.24) is 0 Å². The van der Waals surface area contributed by atoms with Crippen molar-refractivity contribution in [2.75, 3.05) is 13.3 Å². The standard InChI is InChI=1S/C38H33O4P/c1-41-38-35(39)25-24-33-36(40)34(27-42-37(33)38)29-22-20-28(21-23-29)13-11-12-26-43(30-14-5-2-6-15-30,31-16-7-3-8-17-31)32-18-9-4-10-19-32/h2-10,14-25,27H,11-13,26H2,1H3/p+1. The highest BCUT2D eigenvalue weighted by atomic mass is 31.2. The summed E-state index contributed by atoms with van der Waals surface area (Å²) >= 11 is 0. The fourth-order valence-electron chi connectivity index (χ4n) is 5.97. The molecular weight excluding hydrogens is 551 g/mol. The first-order chi connectivity index (χ1) is 21.1. The maximum atomic E-state index is 13.3. The molecule has 5 aromatic carbocycles. The third-order valence-electron chi connectivity index (χ3n) is 8.14. The molecule has 0 aliphatic heterocycles. The largest absolute Gasteiger partial charge is 0.504 e. The van der Waals surface area contributed by atoms with E-state index in [1.807, 2.05) is 12.1 Å². The summed E-state index contributed by atoms with van der Waals surface area (Å²) in [4.78, 5) is 13.3. The minimum Gasteiger partial charge on any atom is -0.504 e. The van der Waals surface area contributed by atoms with Crippen molar-refractivity contribution in [3.8, 4) is 22.6 Å². The summed E-state index contributed by atoms with van der Waals surface area (Å²) in [5, 5.41) is 14.7. The van der Waals surface area contributed by atoms with Crippen LogP contribution in [-0.4, -0.2) is 18.4 Å². The van der Waals surface area contributed by atoms with Crippen LogP contribution in [0.4, 0.5) is 0 Å². The van der Waals surface area contributed by atoms with Gasteiger partial charge in [0.05, 0.1) is 24.2 Å². The zero-order chi connectivity index (χ0) is 29.6. The van der Waals surface area contributed by atoms with Crippen LogP contribution in [-0.2, 0) is 6.42 Å². The number of fused-ring (bicyclic) bond motifs is 1. The van der Waals surface area contributed by atoms with E-state index in [1.54, 1.807) is 6.07 Å². The molecule has 6 rings (SSSR count). The topological polar surface area (TPSA) is 59.7 Å². The highest BCUT2D eigenvalue weighted by Gasteiger charge is 2.44. The number of hydrogen-bond donors (Lipinski definition) is 1. The average Bonchev–Trinajstić information content (AvgIpc) is 3.07. The molecule has 1 heterocycles. The molecule has 0 aliphatic carbocycles. The summed E-state index contributed by atoms with van der Waals surface area (Å²) in [6.07, 6.45) is 5.66. The van der Waals surface area contributed by atoms with Gasteiger partial charge in [-0.3, -0.25) is 4.79 Å². The molecule has 43 heavy (non-hydrogen) atoms. The number of methoxy groups -OCH3 is 1. The van der Waals surface area contributed by atoms with E-state index in [4.69, 9.17) is 9.15 Å². The van der Waals surface area contributed by atoms with Gasteiger partial charge in [-0.2, -0.15) is 0 Å². The number of benzene rings is 5. The van der Waals surface area contributed by atoms with Crippen LogP contribution < -0.4 is 26.1 Å². The molecule has 0 radical (unpaired) electrons. The van der Waals surface area contributed by atoms with E-state index in [0.29, 0.717) is 10.9 Å². The Hall–Kier alpha value is -4.66. The molecule has 0 atom stereocenters. The Morgan fingerprint density at radius 3 is 1.79 bits per heavy atom. The first-order valence-electron chi connectivity index (χ1n) is 14.6. The molecule has 0 spiro atoms. The Morgan fingerprint density at radius 2 is 1.26 bits per heavy atom. The van der Waals surface area contributed by atoms with Gasteiger partial charge in [0.1, 0.15) is 29.4 Å². The van der Waals surface area contributed by atoms with E-state index in [0.717, 1.165) is 31.0 Å². The van der Waals surface area contributed by atoms with E-state index in [1.165, 1.54) is 40.9 Å². The second-order valence-electron chi connectivity index (χ2n) is 10.7. The third kappa shape index (κ3) is 5.59. The van der Waals surface area contributed by atoms with Gasteiger partial charge in [-0.25, -0.2) is 0 Å². The number of unbranched alkanes of at least 4 members (excludes halogenated alkanes) is 1. The second kappa shape index (κ2) is 12.7. The minimum absolute atomic E-state index is 0.0640. The molecule has 1 N–H and O–H groups in total. The molecule has 0 unspecified atom stereocenters. The number of phenolic OH excluding ortho intramolecular Hbond substituents is 1. The lowest BCUT2D eigenvalue weighted by molar-refractivity contribution is 0.370. The van der Waals surface area contributed by atoms with Crippen molar-refractivity contribution in [1.29, 1.82) is 0 Å². The average molecular weight is 586 g/mol. The molecule has 0 bridgehead atoms. The van der Waals surface area contributed by atoms with E-state index in [-0.39, 0.29) is 22.5 Å². The van der Waals surface area contributed by atoms with Crippen LogP contribution in [0.25, 0.3) is 22.1 Å². The number of aromatic hydroxyl groups is 1. The molecule has 0 saturated heterocycles. The summed E-state index contributed by atoms with van der Waals surface area (Å²) < 4.78 is 11.0. The van der Waals surface area contributed by atoms with E-state index < -0.39 is 7.26 Å². The maximum Gasteiger partial charge on any atom is 0.204 e. The first-order valence-corrected chi connectivity index (χ1v) is 16.5. The summed E-state index contributed by atoms with van der Waals surface area (Å²) in [6.45, 7) is 0. The minimum atomic E-state index is -1.83. The van der Waals surface area contributed by atoms with Gasteiger partial charge in [-0.05, 0) is 78.9 Å². The van der Waals surface area contributed by atoms with Crippen molar-refractivity contribution >= 4 is 34.1 Å². The molecular formula is C38H34O4P+. The van der Waals surface area contributed by atoms with Gasteiger partial charge in [0.25, 0.3) is 0 Å². The predicted molar refractivity (Wildman–Crippen MR) is 179 cm³/mol. The fourth-order valence-corrected chi connectivity index (χ4v) is 10.4. The summed E-state index contributed by atoms with van der Waals surface area (Å²) in [7, 11) is -0.389. The predicted octanol–water partition coefficient (Wildman–Crippen LogP) is 7.49. The number of hydrogen-bond acceptors (Lipinski definition) is 4. The van der Waals surface area contributed by atoms with Gasteiger partial charge < -0.3 is 14.3 Å². The van der Waals surface area contributed by atoms with Gasteiger partial charge in [0.15, 0.2) is 11.3 Å². The molecule has 5 heteroatoms. The Balaban J connectivity index is 1.22. The molecule has 1 aromatic heterocycles. The highest BCUT2D eigenvalue weighted by molar-refractivity contribution is 7.95. The molecule has 0 amide bonds. The molecule has 6 aromatic rings. The highest BCUT2D eigenvalue weighted by Crippen LogP contribution is 2.56. The van der Waals surface area contributed by atoms with Gasteiger partial charge >= 0.3 is 0 Å². The van der Waals surface area contributed by atoms with Gasteiger partial charge in [0.2, 0.25) is 11.2 Å². The van der Waals surface area contributed by atoms with Crippen molar-refractivity contribution in [2.24, 2.45) is 0 Å². The zero-order valence-corrected chi connectivity index (χ0v) is 25.0. The third-order valence-corrected chi connectivity index (χ3v) is 12.7. The van der Waals surface area contributed by atoms with Crippen molar-refractivity contribution < 1.29 is 14.3 Å². The zero-order valence-electron chi connectivity index (χ0n) is 24.1. The second-order valence-corrected chi connectivity index (χ2v) is 14.3. The lowest BCUT2D eigenvalue weighted by Crippen LogP contribution is -2.33. The van der Waals surface area contributed by atoms with Crippen LogP contribution in [0.2, 0.25) is 0 Å². The number of aryl methyl sites for hydroxylation is 1. The maximum absolute atomic E-state index is 13.3. The quantitative estimate of drug-likeness (QED) is 0.134. The van der Waals surface area contributed by atoms with Crippen LogP contribution in [0.5, 0.6) is 11.5 Å². The number of rotatable bonds is 10. The lowest BCUT2D eigenvalue weighted by atomic mass is 10.0. The summed E-state index contributed by atoms with van der Waals surface area (Å²) in [5.41, 5.74) is 2.61. The summed E-state index contributed by atoms with van der Waals surface area (Å²) in [5.74, 6) is 0.0979. The fraction of sp³-hybridized carbons (Fsp3) is 0.132. The van der Waals surface area contributed by atoms with Crippen LogP contribution in [0.1, 0.15) is 18.4 Å². The lowest BCUT2D eigenvalue weighted by Gasteiger charge is -2.27. The van der Waals surface area contributed by atoms with Gasteiger partial charge in [-0.1, -0.05) is 78.9 Å². The molecule has 0 fully saturated rings. The van der Waals surface area contributed by atoms with Crippen molar-refractivity contribution in [2.45, 2.75) is 19.3 Å². The van der Waals surface area contributed by atoms with Crippen LogP contribution in [0, 0.1) is 0 Å². The number of ether oxygens (including phenoxy) is 1. The van der Waals surface area contributed by atoms with Crippen LogP contribution >= 0.6 is 7.26 Å². The molecule has 0 saturated carbocycles. The van der Waals surface area contributed by atoms with E-state index in [2.05, 4.69) is 103 Å². The molecule has 214 valence electrons. The SMILES string of the molecule is COc1c(O)ccc2c(=O)c(-c3ccc(CCCC[P+](c4ccccc4)(c4ccccc4)c4ccccc4)cc3)coc12. The van der Waals surface area contributed by atoms with Gasteiger partial charge in [0, 0.05) is 0 Å². The van der Waals surface area contributed by atoms with Gasteiger partial charge in [-0.15, -0.1) is 0 Å². The van der Waals surface area contributed by atoms with Crippen LogP contribution in [0.15, 0.2) is 143 Å². The van der Waals surface area contributed by atoms with E-state index in [9.17, 15) is 9.90 Å². The monoisotopic (exact) mass is 585 g/mol. The van der Waals surface area contributed by atoms with E-state index >= 15 is 0 Å². The van der Waals surface area contributed by atoms with Crippen molar-refractivity contribution in [3.05, 3.63) is 149 Å². The smallest absolute Gasteiger partial charge is 0.204 e. The number of phenols is 1. The van der Waals surface area contributed by atoms with Crippen molar-refractivity contribution in [3.63, 3.8) is 0 Å². The van der Waals surface area contributed by atoms with Crippen LogP contribution in [0.3, 0.4) is 0 Å². The Labute approximate surface area is 252 Å². The molecule has 0 aliphatic rings. The normalized spacial score (nSPS) is 11.5. The Morgan fingerprint density at radius 1 is 0.698 bits per heavy atom. The molecule has 4 nitrogen and oxygen atoms in total. The Kier molecular flexibility index (Phi) is 8.40. The summed E-state index contributed by atoms with van der Waals surface area (Å²) in [6, 6.07) is 44.3. The Bertz CT molecular complexity index is 1770. The first kappa shape index (κ1) is 28.5.